The Morgan fingerprint density at radius 2 is 2.12 bits per heavy atom. The molecule has 3 fully saturated rings. The average Bonchev–Trinajstić information content (AvgIpc) is 3.37. The van der Waals surface area contributed by atoms with Crippen molar-refractivity contribution in [1.29, 1.82) is 0 Å². The average molecular weight is 381 g/mol. The van der Waals surface area contributed by atoms with Gasteiger partial charge in [-0.1, -0.05) is 0 Å². The molecule has 26 heavy (non-hydrogen) atoms. The second-order valence-corrected chi connectivity index (χ2v) is 7.15. The van der Waals surface area contributed by atoms with Crippen molar-refractivity contribution in [1.82, 2.24) is 25.3 Å². The predicted octanol–water partition coefficient (Wildman–Crippen LogP) is 0.484. The van der Waals surface area contributed by atoms with Crippen LogP contribution in [0.5, 0.6) is 0 Å². The Balaban J connectivity index is 1.23. The Morgan fingerprint density at radius 3 is 2.88 bits per heavy atom. The fraction of sp³-hybridized carbons (Fsp3) is 0.625. The first-order chi connectivity index (χ1) is 12.7. The summed E-state index contributed by atoms with van der Waals surface area (Å²) in [5, 5.41) is 4.63. The summed E-state index contributed by atoms with van der Waals surface area (Å²) in [7, 11) is 0. The fourth-order valence-corrected chi connectivity index (χ4v) is 4.24. The summed E-state index contributed by atoms with van der Waals surface area (Å²) in [4.78, 5) is 31.6. The molecule has 0 aliphatic carbocycles. The van der Waals surface area contributed by atoms with Crippen LogP contribution in [0.25, 0.3) is 0 Å². The quantitative estimate of drug-likeness (QED) is 0.379. The minimum Gasteiger partial charge on any atom is -0.350 e. The molecular weight excluding hydrogens is 358 g/mol. The molecule has 4 rings (SSSR count). The first kappa shape index (κ1) is 17.7. The van der Waals surface area contributed by atoms with Crippen molar-refractivity contribution in [3.05, 3.63) is 24.5 Å². The van der Waals surface area contributed by atoms with Gasteiger partial charge in [0, 0.05) is 50.5 Å². The van der Waals surface area contributed by atoms with E-state index in [-0.39, 0.29) is 24.0 Å². The van der Waals surface area contributed by atoms with E-state index in [1.165, 1.54) is 9.96 Å². The number of carbonyl (C=O) groups is 2. The number of hydrogen-bond donors (Lipinski definition) is 3. The second-order valence-electron chi connectivity index (χ2n) is 6.99. The maximum atomic E-state index is 12.4. The van der Waals surface area contributed by atoms with Crippen molar-refractivity contribution < 1.29 is 18.7 Å². The van der Waals surface area contributed by atoms with Gasteiger partial charge >= 0.3 is 6.03 Å². The summed E-state index contributed by atoms with van der Waals surface area (Å²) in [6.45, 7) is 1.74. The number of fused-ring (bicyclic) bond motifs is 2. The van der Waals surface area contributed by atoms with Gasteiger partial charge in [-0.05, 0) is 31.4 Å². The molecule has 3 aliphatic heterocycles. The number of rotatable bonds is 6. The van der Waals surface area contributed by atoms with Gasteiger partial charge in [-0.2, -0.15) is 5.06 Å². The molecule has 0 saturated carbocycles. The third kappa shape index (κ3) is 3.29. The number of carbonyl (C=O) groups excluding carboxylic acids is 2. The van der Waals surface area contributed by atoms with Crippen LogP contribution in [0.15, 0.2) is 24.5 Å². The van der Waals surface area contributed by atoms with E-state index in [0.29, 0.717) is 32.0 Å². The van der Waals surface area contributed by atoms with Crippen LogP contribution in [0.1, 0.15) is 25.3 Å². The summed E-state index contributed by atoms with van der Waals surface area (Å²) in [5.74, 6) is -0.294. The number of urea groups is 1. The topological polar surface area (TPSA) is 88.1 Å². The second kappa shape index (κ2) is 7.47. The highest BCUT2D eigenvalue weighted by molar-refractivity contribution is 7.75. The van der Waals surface area contributed by atoms with E-state index in [9.17, 15) is 9.59 Å². The zero-order chi connectivity index (χ0) is 18.1. The normalized spacial score (nSPS) is 30.9. The third-order valence-electron chi connectivity index (χ3n) is 5.42. The van der Waals surface area contributed by atoms with Gasteiger partial charge in [0.05, 0.1) is 12.6 Å². The molecule has 3 amide bonds. The zero-order valence-electron chi connectivity index (χ0n) is 14.3. The van der Waals surface area contributed by atoms with Gasteiger partial charge in [-0.3, -0.25) is 9.63 Å². The highest BCUT2D eigenvalue weighted by atomic mass is 32.1. The molecule has 3 aliphatic rings. The molecule has 142 valence electrons. The largest absolute Gasteiger partial charge is 0.350 e. The van der Waals surface area contributed by atoms with Crippen LogP contribution in [-0.2, 0) is 13.9 Å². The summed E-state index contributed by atoms with van der Waals surface area (Å²) in [6.07, 6.45) is 6.33. The molecule has 1 aromatic heterocycles. The molecule has 0 aromatic carbocycles. The SMILES string of the molecule is O=C(NOC[C@@H]1C[C@H](n2cccc2)CN1)C1CCC2CN1C(=O)N2OS. The Hall–Kier alpha value is -1.75. The zero-order valence-corrected chi connectivity index (χ0v) is 15.2. The number of thiol groups is 1. The molecule has 10 heteroatoms. The Morgan fingerprint density at radius 1 is 1.31 bits per heavy atom. The first-order valence-corrected chi connectivity index (χ1v) is 9.22. The van der Waals surface area contributed by atoms with Gasteiger partial charge in [0.1, 0.15) is 6.04 Å². The van der Waals surface area contributed by atoms with Crippen molar-refractivity contribution in [3.8, 4) is 0 Å². The van der Waals surface area contributed by atoms with Crippen LogP contribution in [0.3, 0.4) is 0 Å². The Bertz CT molecular complexity index is 657. The standard InChI is InChI=1S/C16H23N5O4S/c22-15(14-4-3-12-9-20(14)16(23)21(12)25-26)18-24-10-11-7-13(8-17-11)19-5-1-2-6-19/h1-2,5-6,11-14,17,26H,3-4,7-10H2,(H,18,22)/t11-,12?,13-,14?/m0/s1. The Labute approximate surface area is 157 Å². The molecule has 2 unspecified atom stereocenters. The number of amides is 3. The maximum absolute atomic E-state index is 12.4. The molecule has 4 heterocycles. The van der Waals surface area contributed by atoms with E-state index in [2.05, 4.69) is 40.7 Å². The van der Waals surface area contributed by atoms with E-state index in [4.69, 9.17) is 9.12 Å². The molecule has 3 saturated heterocycles. The van der Waals surface area contributed by atoms with Crippen LogP contribution in [-0.4, -0.2) is 64.3 Å². The van der Waals surface area contributed by atoms with Crippen LogP contribution < -0.4 is 10.8 Å². The summed E-state index contributed by atoms with van der Waals surface area (Å²) in [6, 6.07) is 3.71. The number of aromatic nitrogens is 1. The van der Waals surface area contributed by atoms with E-state index in [1.54, 1.807) is 0 Å². The lowest BCUT2D eigenvalue weighted by atomic mass is 10.0. The molecule has 1 aromatic rings. The van der Waals surface area contributed by atoms with Crippen LogP contribution in [0, 0.1) is 0 Å². The minimum atomic E-state index is -0.531. The van der Waals surface area contributed by atoms with Gasteiger partial charge in [0.25, 0.3) is 5.91 Å². The van der Waals surface area contributed by atoms with Crippen LogP contribution >= 0.6 is 12.9 Å². The van der Waals surface area contributed by atoms with Gasteiger partial charge in [-0.25, -0.2) is 14.6 Å². The highest BCUT2D eigenvalue weighted by Gasteiger charge is 2.48. The van der Waals surface area contributed by atoms with Gasteiger partial charge in [-0.15, -0.1) is 0 Å². The number of hydrogen-bond acceptors (Lipinski definition) is 6. The molecule has 0 radical (unpaired) electrons. The van der Waals surface area contributed by atoms with Crippen molar-refractivity contribution in [2.24, 2.45) is 0 Å². The Kier molecular flexibility index (Phi) is 5.07. The molecule has 2 bridgehead atoms. The number of nitrogens with zero attached hydrogens (tertiary/aromatic N) is 3. The molecule has 4 atom stereocenters. The number of hydroxylamine groups is 3. The molecule has 0 spiro atoms. The van der Waals surface area contributed by atoms with Gasteiger partial charge < -0.3 is 14.8 Å². The third-order valence-corrected chi connectivity index (χ3v) is 5.59. The minimum absolute atomic E-state index is 0.0433. The maximum Gasteiger partial charge on any atom is 0.345 e. The molecule has 2 N–H and O–H groups in total. The van der Waals surface area contributed by atoms with E-state index < -0.39 is 6.04 Å². The first-order valence-electron chi connectivity index (χ1n) is 8.86. The highest BCUT2D eigenvalue weighted by Crippen LogP contribution is 2.30. The summed E-state index contributed by atoms with van der Waals surface area (Å²) >= 11 is 3.72. The summed E-state index contributed by atoms with van der Waals surface area (Å²) < 4.78 is 7.00. The fourth-order valence-electron chi connectivity index (χ4n) is 4.04. The van der Waals surface area contributed by atoms with E-state index >= 15 is 0 Å². The number of piperidine rings is 1. The lowest BCUT2D eigenvalue weighted by molar-refractivity contribution is -0.139. The van der Waals surface area contributed by atoms with Gasteiger partial charge in [0.15, 0.2) is 0 Å². The van der Waals surface area contributed by atoms with Gasteiger partial charge in [0.2, 0.25) is 0 Å². The predicted molar refractivity (Wildman–Crippen MR) is 94.8 cm³/mol. The lowest BCUT2D eigenvalue weighted by Gasteiger charge is -2.29. The van der Waals surface area contributed by atoms with E-state index in [0.717, 1.165) is 13.0 Å². The van der Waals surface area contributed by atoms with Crippen molar-refractivity contribution >= 4 is 24.8 Å². The van der Waals surface area contributed by atoms with Crippen molar-refractivity contribution in [3.63, 3.8) is 0 Å². The smallest absolute Gasteiger partial charge is 0.345 e. The van der Waals surface area contributed by atoms with Crippen molar-refractivity contribution in [2.75, 3.05) is 19.7 Å². The summed E-state index contributed by atoms with van der Waals surface area (Å²) in [5.41, 5.74) is 2.51. The molecular formula is C16H23N5O4S. The monoisotopic (exact) mass is 381 g/mol. The van der Waals surface area contributed by atoms with Crippen molar-refractivity contribution in [2.45, 2.75) is 43.4 Å². The molecule has 9 nitrogen and oxygen atoms in total. The van der Waals surface area contributed by atoms with Crippen LogP contribution in [0.4, 0.5) is 4.79 Å². The van der Waals surface area contributed by atoms with E-state index in [1.807, 2.05) is 12.1 Å². The number of nitrogens with one attached hydrogen (secondary N) is 2. The van der Waals surface area contributed by atoms with Crippen LogP contribution in [0.2, 0.25) is 0 Å². The lowest BCUT2D eigenvalue weighted by Crippen LogP contribution is -2.50.